The van der Waals surface area contributed by atoms with Gasteiger partial charge in [-0.05, 0) is 30.9 Å². The maximum Gasteiger partial charge on any atom is 0.288 e. The SMILES string of the molecule is COC1(CNCc2ccc(Cl)c([N+](=O)[O-])c2)CCC1. The van der Waals surface area contributed by atoms with Crippen LogP contribution < -0.4 is 5.32 Å². The van der Waals surface area contributed by atoms with Gasteiger partial charge in [0.05, 0.1) is 10.5 Å². The van der Waals surface area contributed by atoms with Crippen molar-refractivity contribution in [3.63, 3.8) is 0 Å². The summed E-state index contributed by atoms with van der Waals surface area (Å²) in [6, 6.07) is 4.87. The Labute approximate surface area is 117 Å². The summed E-state index contributed by atoms with van der Waals surface area (Å²) in [4.78, 5) is 10.3. The van der Waals surface area contributed by atoms with E-state index in [4.69, 9.17) is 16.3 Å². The third kappa shape index (κ3) is 3.23. The Morgan fingerprint density at radius 1 is 1.53 bits per heavy atom. The second kappa shape index (κ2) is 5.86. The molecule has 1 aromatic rings. The maximum atomic E-state index is 10.8. The molecule has 0 amide bonds. The van der Waals surface area contributed by atoms with Crippen LogP contribution in [0.3, 0.4) is 0 Å². The van der Waals surface area contributed by atoms with E-state index < -0.39 is 4.92 Å². The second-order valence-electron chi connectivity index (χ2n) is 4.89. The summed E-state index contributed by atoms with van der Waals surface area (Å²) >= 11 is 5.77. The van der Waals surface area contributed by atoms with Crippen molar-refractivity contribution in [2.24, 2.45) is 0 Å². The molecule has 0 radical (unpaired) electrons. The van der Waals surface area contributed by atoms with Gasteiger partial charge in [-0.25, -0.2) is 0 Å². The summed E-state index contributed by atoms with van der Waals surface area (Å²) in [5.74, 6) is 0. The second-order valence-corrected chi connectivity index (χ2v) is 5.29. The van der Waals surface area contributed by atoms with E-state index in [9.17, 15) is 10.1 Å². The summed E-state index contributed by atoms with van der Waals surface area (Å²) < 4.78 is 5.50. The van der Waals surface area contributed by atoms with Crippen molar-refractivity contribution in [3.8, 4) is 0 Å². The van der Waals surface area contributed by atoms with Crippen LogP contribution >= 0.6 is 11.6 Å². The first-order valence-electron chi connectivity index (χ1n) is 6.25. The van der Waals surface area contributed by atoms with Crippen LogP contribution in [0.1, 0.15) is 24.8 Å². The van der Waals surface area contributed by atoms with Crippen LogP contribution in [0.4, 0.5) is 5.69 Å². The fraction of sp³-hybridized carbons (Fsp3) is 0.538. The van der Waals surface area contributed by atoms with Crippen LogP contribution in [0.25, 0.3) is 0 Å². The number of methoxy groups -OCH3 is 1. The summed E-state index contributed by atoms with van der Waals surface area (Å²) in [6.45, 7) is 1.34. The van der Waals surface area contributed by atoms with E-state index in [0.29, 0.717) is 6.54 Å². The van der Waals surface area contributed by atoms with Crippen LogP contribution in [-0.4, -0.2) is 24.2 Å². The Balaban J connectivity index is 1.93. The largest absolute Gasteiger partial charge is 0.377 e. The summed E-state index contributed by atoms with van der Waals surface area (Å²) in [6.07, 6.45) is 3.33. The number of nitro groups is 1. The van der Waals surface area contributed by atoms with E-state index in [1.165, 1.54) is 12.5 Å². The molecular weight excluding hydrogens is 268 g/mol. The van der Waals surface area contributed by atoms with E-state index in [0.717, 1.165) is 24.9 Å². The van der Waals surface area contributed by atoms with Crippen molar-refractivity contribution in [2.45, 2.75) is 31.4 Å². The van der Waals surface area contributed by atoms with Gasteiger partial charge >= 0.3 is 0 Å². The molecule has 19 heavy (non-hydrogen) atoms. The molecule has 0 bridgehead atoms. The highest BCUT2D eigenvalue weighted by atomic mass is 35.5. The van der Waals surface area contributed by atoms with Gasteiger partial charge in [0.15, 0.2) is 0 Å². The quantitative estimate of drug-likeness (QED) is 0.644. The molecule has 1 aliphatic rings. The number of ether oxygens (including phenoxy) is 1. The average molecular weight is 285 g/mol. The number of rotatable bonds is 6. The zero-order valence-electron chi connectivity index (χ0n) is 10.8. The minimum absolute atomic E-state index is 0.0433. The zero-order chi connectivity index (χ0) is 13.9. The molecule has 0 saturated heterocycles. The minimum Gasteiger partial charge on any atom is -0.377 e. The van der Waals surface area contributed by atoms with E-state index >= 15 is 0 Å². The third-order valence-electron chi connectivity index (χ3n) is 3.68. The van der Waals surface area contributed by atoms with Crippen molar-refractivity contribution >= 4 is 17.3 Å². The smallest absolute Gasteiger partial charge is 0.288 e. The molecule has 0 atom stereocenters. The van der Waals surface area contributed by atoms with Crippen molar-refractivity contribution in [2.75, 3.05) is 13.7 Å². The first-order valence-corrected chi connectivity index (χ1v) is 6.63. The third-order valence-corrected chi connectivity index (χ3v) is 4.00. The Hall–Kier alpha value is -1.17. The van der Waals surface area contributed by atoms with E-state index in [1.807, 2.05) is 0 Å². The van der Waals surface area contributed by atoms with Gasteiger partial charge in [0, 0.05) is 26.3 Å². The molecule has 0 spiro atoms. The van der Waals surface area contributed by atoms with Gasteiger partial charge in [0.1, 0.15) is 5.02 Å². The van der Waals surface area contributed by atoms with Crippen molar-refractivity contribution in [1.82, 2.24) is 5.32 Å². The van der Waals surface area contributed by atoms with Crippen LogP contribution in [0.15, 0.2) is 18.2 Å². The molecule has 104 valence electrons. The predicted molar refractivity (Wildman–Crippen MR) is 73.4 cm³/mol. The van der Waals surface area contributed by atoms with Crippen molar-refractivity contribution < 1.29 is 9.66 Å². The molecule has 0 aromatic heterocycles. The molecule has 1 aromatic carbocycles. The first-order chi connectivity index (χ1) is 9.06. The molecule has 1 saturated carbocycles. The van der Waals surface area contributed by atoms with Crippen molar-refractivity contribution in [1.29, 1.82) is 0 Å². The number of halogens is 1. The van der Waals surface area contributed by atoms with Gasteiger partial charge in [-0.2, -0.15) is 0 Å². The van der Waals surface area contributed by atoms with Crippen molar-refractivity contribution in [3.05, 3.63) is 38.9 Å². The lowest BCUT2D eigenvalue weighted by molar-refractivity contribution is -0.384. The Bertz CT molecular complexity index is 469. The van der Waals surface area contributed by atoms with Crippen LogP contribution in [-0.2, 0) is 11.3 Å². The van der Waals surface area contributed by atoms with Gasteiger partial charge in [0.25, 0.3) is 5.69 Å². The molecule has 1 aliphatic carbocycles. The molecule has 0 heterocycles. The highest BCUT2D eigenvalue weighted by Gasteiger charge is 2.36. The molecule has 2 rings (SSSR count). The monoisotopic (exact) mass is 284 g/mol. The number of hydrogen-bond acceptors (Lipinski definition) is 4. The number of nitrogens with one attached hydrogen (secondary N) is 1. The van der Waals surface area contributed by atoms with E-state index in [1.54, 1.807) is 19.2 Å². The molecule has 6 heteroatoms. The van der Waals surface area contributed by atoms with Gasteiger partial charge in [-0.3, -0.25) is 10.1 Å². The highest BCUT2D eigenvalue weighted by molar-refractivity contribution is 6.32. The predicted octanol–water partition coefficient (Wildman–Crippen LogP) is 2.91. The molecular formula is C13H17ClN2O3. The summed E-state index contributed by atoms with van der Waals surface area (Å²) in [5, 5.41) is 14.2. The summed E-state index contributed by atoms with van der Waals surface area (Å²) in [5.41, 5.74) is 0.756. The molecule has 0 unspecified atom stereocenters. The van der Waals surface area contributed by atoms with Gasteiger partial charge in [0.2, 0.25) is 0 Å². The molecule has 5 nitrogen and oxygen atoms in total. The summed E-state index contributed by atoms with van der Waals surface area (Å²) in [7, 11) is 1.73. The first kappa shape index (κ1) is 14.2. The fourth-order valence-electron chi connectivity index (χ4n) is 2.27. The van der Waals surface area contributed by atoms with E-state index in [2.05, 4.69) is 5.32 Å². The molecule has 0 aliphatic heterocycles. The Morgan fingerprint density at radius 2 is 2.26 bits per heavy atom. The van der Waals surface area contributed by atoms with Gasteiger partial charge in [-0.15, -0.1) is 0 Å². The van der Waals surface area contributed by atoms with Gasteiger partial charge < -0.3 is 10.1 Å². The van der Waals surface area contributed by atoms with Gasteiger partial charge in [-0.1, -0.05) is 17.7 Å². The number of benzene rings is 1. The number of nitrogens with zero attached hydrogens (tertiary/aromatic N) is 1. The Kier molecular flexibility index (Phi) is 4.39. The van der Waals surface area contributed by atoms with Crippen LogP contribution in [0.5, 0.6) is 0 Å². The number of hydrogen-bond donors (Lipinski definition) is 1. The lowest BCUT2D eigenvalue weighted by Gasteiger charge is -2.40. The molecule has 1 fully saturated rings. The van der Waals surface area contributed by atoms with E-state index in [-0.39, 0.29) is 16.3 Å². The minimum atomic E-state index is -0.464. The standard InChI is InChI=1S/C13H17ClN2O3/c1-19-13(5-2-6-13)9-15-8-10-3-4-11(14)12(7-10)16(17)18/h3-4,7,15H,2,5-6,8-9H2,1H3. The van der Waals surface area contributed by atoms with Crippen LogP contribution in [0.2, 0.25) is 5.02 Å². The lowest BCUT2D eigenvalue weighted by atomic mass is 9.80. The Morgan fingerprint density at radius 3 is 2.79 bits per heavy atom. The highest BCUT2D eigenvalue weighted by Crippen LogP contribution is 2.34. The zero-order valence-corrected chi connectivity index (χ0v) is 11.6. The maximum absolute atomic E-state index is 10.8. The average Bonchev–Trinajstić information content (AvgIpc) is 2.34. The van der Waals surface area contributed by atoms with Crippen LogP contribution in [0, 0.1) is 10.1 Å². The fourth-order valence-corrected chi connectivity index (χ4v) is 2.45. The lowest BCUT2D eigenvalue weighted by Crippen LogP contribution is -2.47. The number of nitro benzene ring substituents is 1. The normalized spacial score (nSPS) is 16.9. The topological polar surface area (TPSA) is 64.4 Å². The molecule has 1 N–H and O–H groups in total.